The van der Waals surface area contributed by atoms with Crippen molar-refractivity contribution < 1.29 is 9.47 Å². The van der Waals surface area contributed by atoms with Crippen LogP contribution < -0.4 is 10.5 Å². The Kier molecular flexibility index (Phi) is 23.2. The molecule has 0 heterocycles. The summed E-state index contributed by atoms with van der Waals surface area (Å²) in [4.78, 5) is 0. The topological polar surface area (TPSA) is 44.5 Å². The van der Waals surface area contributed by atoms with Crippen molar-refractivity contribution >= 4 is 0 Å². The first kappa shape index (κ1) is 40.3. The molecule has 2 aromatic carbocycles. The second-order valence-corrected chi connectivity index (χ2v) is 10.8. The highest BCUT2D eigenvalue weighted by Gasteiger charge is 2.08. The van der Waals surface area contributed by atoms with E-state index in [-0.39, 0.29) is 6.04 Å². The molecule has 248 valence electrons. The fraction of sp³-hybridized carbons (Fsp3) is 0.292. The molecule has 1 atom stereocenters. The fourth-order valence-electron chi connectivity index (χ4n) is 4.30. The summed E-state index contributed by atoms with van der Waals surface area (Å²) in [5, 5.41) is 0. The van der Waals surface area contributed by atoms with E-state index in [1.165, 1.54) is 50.5 Å². The maximum atomic E-state index is 6.43. The lowest BCUT2D eigenvalue weighted by molar-refractivity contribution is 0.267. The van der Waals surface area contributed by atoms with Crippen LogP contribution in [-0.2, 0) is 4.74 Å². The van der Waals surface area contributed by atoms with Crippen LogP contribution in [-0.4, -0.2) is 13.2 Å². The summed E-state index contributed by atoms with van der Waals surface area (Å²) in [5.74, 6) is 51.0. The van der Waals surface area contributed by atoms with Crippen LogP contribution in [0.3, 0.4) is 0 Å². The monoisotopic (exact) mass is 661 g/mol. The molecule has 2 N–H and O–H groups in total. The average Bonchev–Trinajstić information content (AvgIpc) is 3.15. The van der Waals surface area contributed by atoms with Crippen molar-refractivity contribution in [3.63, 3.8) is 0 Å². The van der Waals surface area contributed by atoms with Crippen LogP contribution in [0.1, 0.15) is 86.9 Å². The first-order chi connectivity index (χ1) is 25.2. The number of nitrogens with two attached hydrogens (primary N) is 1. The third kappa shape index (κ3) is 22.4. The van der Waals surface area contributed by atoms with Gasteiger partial charge in [0.05, 0.1) is 12.6 Å². The molecule has 0 saturated heterocycles. The van der Waals surface area contributed by atoms with Gasteiger partial charge in [0.25, 0.3) is 0 Å². The summed E-state index contributed by atoms with van der Waals surface area (Å²) in [7, 11) is 0. The van der Waals surface area contributed by atoms with Gasteiger partial charge in [-0.2, -0.15) is 0 Å². The molecule has 0 bridgehead atoms. The van der Waals surface area contributed by atoms with Crippen LogP contribution >= 0.6 is 0 Å². The van der Waals surface area contributed by atoms with Crippen molar-refractivity contribution in [1.29, 1.82) is 0 Å². The molecule has 3 heteroatoms. The third-order valence-corrected chi connectivity index (χ3v) is 6.91. The van der Waals surface area contributed by atoms with Gasteiger partial charge in [-0.15, -0.1) is 6.42 Å². The zero-order valence-electron chi connectivity index (χ0n) is 29.2. The summed E-state index contributed by atoms with van der Waals surface area (Å²) < 4.78 is 11.2. The van der Waals surface area contributed by atoms with Gasteiger partial charge < -0.3 is 15.2 Å². The van der Waals surface area contributed by atoms with Crippen molar-refractivity contribution in [2.45, 2.75) is 77.2 Å². The van der Waals surface area contributed by atoms with E-state index >= 15 is 0 Å². The van der Waals surface area contributed by atoms with Crippen LogP contribution in [0.5, 0.6) is 5.75 Å². The smallest absolute Gasteiger partial charge is 0.124 e. The summed E-state index contributed by atoms with van der Waals surface area (Å²) in [6.07, 6.45) is 19.5. The molecule has 0 radical (unpaired) electrons. The zero-order chi connectivity index (χ0) is 36.3. The van der Waals surface area contributed by atoms with Gasteiger partial charge in [0.1, 0.15) is 18.5 Å². The Morgan fingerprint density at radius 3 is 1.25 bits per heavy atom. The minimum absolute atomic E-state index is 0.124. The molecule has 0 aliphatic rings. The Morgan fingerprint density at radius 2 is 0.824 bits per heavy atom. The molecule has 0 amide bonds. The molecule has 1 unspecified atom stereocenters. The molecular weight excluding hydrogens is 623 g/mol. The summed E-state index contributed by atoms with van der Waals surface area (Å²) in [6.45, 7) is 3.44. The fourth-order valence-corrected chi connectivity index (χ4v) is 4.30. The highest BCUT2D eigenvalue weighted by Crippen LogP contribution is 2.22. The lowest BCUT2D eigenvalue weighted by Crippen LogP contribution is -2.11. The van der Waals surface area contributed by atoms with Crippen LogP contribution in [0, 0.1) is 138 Å². The van der Waals surface area contributed by atoms with E-state index in [1.807, 2.05) is 12.1 Å². The van der Waals surface area contributed by atoms with Gasteiger partial charge in [0.2, 0.25) is 0 Å². The van der Waals surface area contributed by atoms with Crippen LogP contribution in [0.25, 0.3) is 0 Å². The SMILES string of the molecule is C#CC#CC#CC#CC#CC#CC#CC#CC#CC#CC#COCCCCCCCCCCCCOc1ccc(C(N)c2ccc(C)cc2)cc1. The summed E-state index contributed by atoms with van der Waals surface area (Å²) in [5.41, 5.74) is 9.87. The van der Waals surface area contributed by atoms with E-state index in [1.54, 1.807) is 0 Å². The number of ether oxygens (including phenoxy) is 2. The third-order valence-electron chi connectivity index (χ3n) is 6.91. The molecule has 2 rings (SSSR count). The molecule has 0 spiro atoms. The van der Waals surface area contributed by atoms with E-state index in [9.17, 15) is 0 Å². The molecule has 0 aliphatic carbocycles. The number of hydrogen-bond donors (Lipinski definition) is 1. The minimum atomic E-state index is -0.124. The van der Waals surface area contributed by atoms with Gasteiger partial charge in [-0.25, -0.2) is 0 Å². The number of unbranched alkanes of at least 4 members (excludes halogenated alkanes) is 9. The number of aryl methyl sites for hydroxylation is 1. The predicted molar refractivity (Wildman–Crippen MR) is 208 cm³/mol. The van der Waals surface area contributed by atoms with Crippen molar-refractivity contribution in [3.05, 3.63) is 65.2 Å². The molecule has 3 nitrogen and oxygen atoms in total. The van der Waals surface area contributed by atoms with E-state index < -0.39 is 0 Å². The van der Waals surface area contributed by atoms with E-state index in [4.69, 9.17) is 21.6 Å². The number of hydrogen-bond acceptors (Lipinski definition) is 3. The van der Waals surface area contributed by atoms with Gasteiger partial charge in [0.15, 0.2) is 0 Å². The molecular formula is C48H39NO2. The normalized spacial score (nSPS) is 8.65. The minimum Gasteiger partial charge on any atom is -0.494 e. The maximum Gasteiger partial charge on any atom is 0.124 e. The van der Waals surface area contributed by atoms with Gasteiger partial charge >= 0.3 is 0 Å². The molecule has 2 aromatic rings. The Morgan fingerprint density at radius 1 is 0.471 bits per heavy atom. The molecule has 0 saturated carbocycles. The Balaban J connectivity index is 1.41. The first-order valence-electron chi connectivity index (χ1n) is 16.8. The predicted octanol–water partition coefficient (Wildman–Crippen LogP) is 6.96. The van der Waals surface area contributed by atoms with Crippen LogP contribution in [0.15, 0.2) is 48.5 Å². The summed E-state index contributed by atoms with van der Waals surface area (Å²) >= 11 is 0. The largest absolute Gasteiger partial charge is 0.494 e. The highest BCUT2D eigenvalue weighted by atomic mass is 16.5. The Hall–Kier alpha value is -6.84. The van der Waals surface area contributed by atoms with Crippen LogP contribution in [0.4, 0.5) is 0 Å². The maximum absolute atomic E-state index is 6.43. The molecule has 0 aliphatic heterocycles. The van der Waals surface area contributed by atoms with Crippen molar-refractivity contribution in [2.75, 3.05) is 13.2 Å². The van der Waals surface area contributed by atoms with Crippen LogP contribution in [0.2, 0.25) is 0 Å². The molecule has 0 fully saturated rings. The first-order valence-corrected chi connectivity index (χ1v) is 16.8. The lowest BCUT2D eigenvalue weighted by atomic mass is 9.99. The van der Waals surface area contributed by atoms with E-state index in [2.05, 4.69) is 168 Å². The molecule has 51 heavy (non-hydrogen) atoms. The molecule has 0 aromatic heterocycles. The summed E-state index contributed by atoms with van der Waals surface area (Å²) in [6, 6.07) is 16.4. The van der Waals surface area contributed by atoms with Gasteiger partial charge in [-0.1, -0.05) is 93.3 Å². The van der Waals surface area contributed by atoms with E-state index in [0.29, 0.717) is 6.61 Å². The van der Waals surface area contributed by atoms with Crippen molar-refractivity contribution in [2.24, 2.45) is 5.73 Å². The van der Waals surface area contributed by atoms with Gasteiger partial charge in [-0.3, -0.25) is 0 Å². The zero-order valence-corrected chi connectivity index (χ0v) is 29.2. The van der Waals surface area contributed by atoms with Crippen molar-refractivity contribution in [3.8, 4) is 137 Å². The Bertz CT molecular complexity index is 2080. The quantitative estimate of drug-likeness (QED) is 0.156. The van der Waals surface area contributed by atoms with Gasteiger partial charge in [0, 0.05) is 71.0 Å². The average molecular weight is 662 g/mol. The second-order valence-electron chi connectivity index (χ2n) is 10.8. The lowest BCUT2D eigenvalue weighted by Gasteiger charge is -2.14. The van der Waals surface area contributed by atoms with Gasteiger partial charge in [-0.05, 0) is 90.4 Å². The van der Waals surface area contributed by atoms with Crippen molar-refractivity contribution in [1.82, 2.24) is 0 Å². The number of benzene rings is 2. The van der Waals surface area contributed by atoms with E-state index in [0.717, 1.165) is 42.7 Å². The standard InChI is InChI=1S/C48H39NO2/c1-3-4-5-6-7-8-9-10-11-12-13-14-15-16-17-18-21-24-27-30-41-50-42-31-28-25-22-19-20-23-26-29-32-43-51-47-39-37-46(38-40-47)48(49)45-35-33-44(2)34-36-45/h1,33-40,48H,19-20,22-23,25-26,28-29,31-32,42-43,49H2,2H3. The number of terminal acetylenes is 1. The second kappa shape index (κ2) is 29.3. The highest BCUT2D eigenvalue weighted by molar-refractivity contribution is 5.47. The number of rotatable bonds is 16. The Labute approximate surface area is 306 Å².